The maximum atomic E-state index is 12.4. The lowest BCUT2D eigenvalue weighted by atomic mass is 9.99. The summed E-state index contributed by atoms with van der Waals surface area (Å²) in [5.74, 6) is -0.481. The molecule has 1 heterocycles. The highest BCUT2D eigenvalue weighted by atomic mass is 16.4. The Kier molecular flexibility index (Phi) is 3.06. The highest BCUT2D eigenvalue weighted by molar-refractivity contribution is 6.12. The van der Waals surface area contributed by atoms with Crippen LogP contribution in [-0.4, -0.2) is 10.9 Å². The average molecular weight is 280 g/mol. The highest BCUT2D eigenvalue weighted by Crippen LogP contribution is 2.28. The second kappa shape index (κ2) is 4.90. The molecule has 1 aromatic heterocycles. The zero-order valence-electron chi connectivity index (χ0n) is 11.3. The lowest BCUT2D eigenvalue weighted by Gasteiger charge is -2.07. The van der Waals surface area contributed by atoms with Crippen molar-refractivity contribution in [3.05, 3.63) is 75.6 Å². The third-order valence-electron chi connectivity index (χ3n) is 3.35. The van der Waals surface area contributed by atoms with Gasteiger partial charge in [-0.2, -0.15) is 0 Å². The van der Waals surface area contributed by atoms with Crippen molar-refractivity contribution in [2.24, 2.45) is 0 Å². The smallest absolute Gasteiger partial charge is 0.336 e. The van der Waals surface area contributed by atoms with E-state index in [4.69, 9.17) is 4.42 Å². The molecular formula is C17H12O4. The summed E-state index contributed by atoms with van der Waals surface area (Å²) in [6, 6.07) is 12.9. The van der Waals surface area contributed by atoms with Crippen molar-refractivity contribution in [2.45, 2.75) is 6.92 Å². The van der Waals surface area contributed by atoms with Gasteiger partial charge in [-0.15, -0.1) is 0 Å². The molecular weight excluding hydrogens is 268 g/mol. The van der Waals surface area contributed by atoms with Gasteiger partial charge in [-0.25, -0.2) is 4.79 Å². The summed E-state index contributed by atoms with van der Waals surface area (Å²) in [6.45, 7) is 1.76. The fraction of sp³-hybridized carbons (Fsp3) is 0.0588. The van der Waals surface area contributed by atoms with Crippen molar-refractivity contribution in [3.8, 4) is 5.75 Å². The summed E-state index contributed by atoms with van der Waals surface area (Å²) in [4.78, 5) is 23.8. The number of rotatable bonds is 2. The van der Waals surface area contributed by atoms with Gasteiger partial charge in [0, 0.05) is 23.1 Å². The van der Waals surface area contributed by atoms with Crippen molar-refractivity contribution in [2.75, 3.05) is 0 Å². The molecule has 3 rings (SSSR count). The molecule has 0 spiro atoms. The van der Waals surface area contributed by atoms with E-state index >= 15 is 0 Å². The molecule has 1 N–H and O–H groups in total. The van der Waals surface area contributed by atoms with Crippen LogP contribution in [0.3, 0.4) is 0 Å². The van der Waals surface area contributed by atoms with Crippen molar-refractivity contribution in [1.82, 2.24) is 0 Å². The first-order valence-corrected chi connectivity index (χ1v) is 6.43. The maximum Gasteiger partial charge on any atom is 0.336 e. The number of fused-ring (bicyclic) bond motifs is 1. The molecule has 21 heavy (non-hydrogen) atoms. The largest absolute Gasteiger partial charge is 0.507 e. The van der Waals surface area contributed by atoms with Crippen LogP contribution in [-0.2, 0) is 0 Å². The Balaban J connectivity index is 2.22. The molecule has 0 aliphatic rings. The molecule has 0 bridgehead atoms. The minimum atomic E-state index is -0.485. The molecule has 0 saturated heterocycles. The molecule has 0 amide bonds. The van der Waals surface area contributed by atoms with Gasteiger partial charge < -0.3 is 9.52 Å². The molecule has 0 radical (unpaired) electrons. The summed E-state index contributed by atoms with van der Waals surface area (Å²) in [7, 11) is 0. The lowest BCUT2D eigenvalue weighted by Crippen LogP contribution is -2.03. The first-order valence-electron chi connectivity index (χ1n) is 6.43. The predicted octanol–water partition coefficient (Wildman–Crippen LogP) is 3.04. The Hall–Kier alpha value is -2.88. The number of phenolic OH excluding ortho intramolecular Hbond substituents is 1. The number of aromatic hydroxyl groups is 1. The van der Waals surface area contributed by atoms with Gasteiger partial charge in [-0.05, 0) is 18.6 Å². The number of hydrogen-bond donors (Lipinski definition) is 1. The molecule has 104 valence electrons. The number of benzene rings is 2. The number of carbonyl (C=O) groups excluding carboxylic acids is 1. The van der Waals surface area contributed by atoms with Gasteiger partial charge in [0.2, 0.25) is 0 Å². The van der Waals surface area contributed by atoms with E-state index in [0.717, 1.165) is 0 Å². The van der Waals surface area contributed by atoms with E-state index in [2.05, 4.69) is 0 Å². The Morgan fingerprint density at radius 1 is 1.10 bits per heavy atom. The Labute approximate surface area is 120 Å². The average Bonchev–Trinajstić information content (AvgIpc) is 2.46. The topological polar surface area (TPSA) is 67.5 Å². The fourth-order valence-corrected chi connectivity index (χ4v) is 2.28. The van der Waals surface area contributed by atoms with E-state index in [1.54, 1.807) is 37.3 Å². The zero-order valence-corrected chi connectivity index (χ0v) is 11.3. The Morgan fingerprint density at radius 2 is 1.81 bits per heavy atom. The van der Waals surface area contributed by atoms with E-state index in [9.17, 15) is 14.7 Å². The van der Waals surface area contributed by atoms with Crippen molar-refractivity contribution >= 4 is 16.8 Å². The van der Waals surface area contributed by atoms with Crippen LogP contribution in [0, 0.1) is 6.92 Å². The monoisotopic (exact) mass is 280 g/mol. The molecule has 0 saturated carbocycles. The molecule has 0 unspecified atom stereocenters. The molecule has 0 atom stereocenters. The molecule has 0 fully saturated rings. The van der Waals surface area contributed by atoms with E-state index < -0.39 is 5.63 Å². The van der Waals surface area contributed by atoms with Crippen molar-refractivity contribution < 1.29 is 14.3 Å². The summed E-state index contributed by atoms with van der Waals surface area (Å²) >= 11 is 0. The first kappa shape index (κ1) is 13.1. The number of carbonyl (C=O) groups is 1. The number of hydrogen-bond acceptors (Lipinski definition) is 4. The number of aryl methyl sites for hydroxylation is 1. The van der Waals surface area contributed by atoms with E-state index in [-0.39, 0.29) is 22.7 Å². The molecule has 0 aliphatic heterocycles. The fourth-order valence-electron chi connectivity index (χ4n) is 2.28. The van der Waals surface area contributed by atoms with E-state index in [1.165, 1.54) is 12.1 Å². The van der Waals surface area contributed by atoms with E-state index in [1.807, 2.05) is 6.07 Å². The Morgan fingerprint density at radius 3 is 2.52 bits per heavy atom. The van der Waals surface area contributed by atoms with Gasteiger partial charge >= 0.3 is 5.63 Å². The third-order valence-corrected chi connectivity index (χ3v) is 3.35. The SMILES string of the molecule is Cc1cc(=O)oc2cc(O)c(C(=O)c3ccccc3)cc12. The van der Waals surface area contributed by atoms with Gasteiger partial charge in [0.25, 0.3) is 0 Å². The van der Waals surface area contributed by atoms with Crippen molar-refractivity contribution in [3.63, 3.8) is 0 Å². The molecule has 0 aliphatic carbocycles. The zero-order chi connectivity index (χ0) is 15.0. The van der Waals surface area contributed by atoms with Crippen LogP contribution in [0.2, 0.25) is 0 Å². The van der Waals surface area contributed by atoms with Crippen LogP contribution in [0.5, 0.6) is 5.75 Å². The number of ketones is 1. The minimum absolute atomic E-state index is 0.186. The second-order valence-corrected chi connectivity index (χ2v) is 4.81. The summed E-state index contributed by atoms with van der Waals surface area (Å²) in [5.41, 5.74) is 1.15. The van der Waals surface area contributed by atoms with Gasteiger partial charge in [0.15, 0.2) is 5.78 Å². The van der Waals surface area contributed by atoms with Gasteiger partial charge in [-0.1, -0.05) is 30.3 Å². The summed E-state index contributed by atoms with van der Waals surface area (Å²) < 4.78 is 5.04. The predicted molar refractivity (Wildman–Crippen MR) is 78.8 cm³/mol. The lowest BCUT2D eigenvalue weighted by molar-refractivity contribution is 0.103. The van der Waals surface area contributed by atoms with Crippen LogP contribution in [0.15, 0.2) is 57.7 Å². The summed E-state index contributed by atoms with van der Waals surface area (Å²) in [6.07, 6.45) is 0. The van der Waals surface area contributed by atoms with Crippen LogP contribution >= 0.6 is 0 Å². The van der Waals surface area contributed by atoms with E-state index in [0.29, 0.717) is 16.5 Å². The molecule has 4 nitrogen and oxygen atoms in total. The van der Waals surface area contributed by atoms with Crippen LogP contribution in [0.25, 0.3) is 11.0 Å². The molecule has 4 heteroatoms. The normalized spacial score (nSPS) is 10.7. The van der Waals surface area contributed by atoms with Gasteiger partial charge in [0.1, 0.15) is 11.3 Å². The van der Waals surface area contributed by atoms with Crippen LogP contribution < -0.4 is 5.63 Å². The Bertz CT molecular complexity index is 892. The number of phenols is 1. The van der Waals surface area contributed by atoms with Crippen LogP contribution in [0.4, 0.5) is 0 Å². The first-order chi connectivity index (χ1) is 10.1. The second-order valence-electron chi connectivity index (χ2n) is 4.81. The quantitative estimate of drug-likeness (QED) is 0.578. The van der Waals surface area contributed by atoms with Gasteiger partial charge in [0.05, 0.1) is 5.56 Å². The minimum Gasteiger partial charge on any atom is -0.507 e. The molecule has 3 aromatic rings. The van der Waals surface area contributed by atoms with Crippen LogP contribution in [0.1, 0.15) is 21.5 Å². The van der Waals surface area contributed by atoms with Crippen molar-refractivity contribution in [1.29, 1.82) is 0 Å². The molecule has 2 aromatic carbocycles. The third kappa shape index (κ3) is 2.31. The summed E-state index contributed by atoms with van der Waals surface area (Å²) in [5, 5.41) is 10.7. The maximum absolute atomic E-state index is 12.4. The highest BCUT2D eigenvalue weighted by Gasteiger charge is 2.16. The standard InChI is InChI=1S/C17H12O4/c1-10-7-16(19)21-15-9-14(18)13(8-12(10)15)17(20)11-5-3-2-4-6-11/h2-9,18H,1H3. The van der Waals surface area contributed by atoms with Gasteiger partial charge in [-0.3, -0.25) is 4.79 Å².